The molecule has 0 aromatic heterocycles. The normalized spacial score (nSPS) is 16.1. The third-order valence-electron chi connectivity index (χ3n) is 7.59. The number of nitrogens with zero attached hydrogens (tertiary/aromatic N) is 1. The molecule has 3 aromatic carbocycles. The molecule has 228 valence electrons. The largest absolute Gasteiger partial charge is 0.445 e. The molecule has 0 unspecified atom stereocenters. The lowest BCUT2D eigenvalue weighted by Crippen LogP contribution is -2.53. The fraction of sp³-hybridized carbons (Fsp3) is 0.355. The van der Waals surface area contributed by atoms with Crippen LogP contribution in [0, 0.1) is 30.6 Å². The summed E-state index contributed by atoms with van der Waals surface area (Å²) in [6.45, 7) is 2.91. The Morgan fingerprint density at radius 3 is 1.67 bits per heavy atom. The number of amides is 1. The summed E-state index contributed by atoms with van der Waals surface area (Å²) in [5, 5.41) is 12.7. The number of rotatable bonds is 11. The van der Waals surface area contributed by atoms with E-state index in [4.69, 9.17) is 13.1 Å². The maximum absolute atomic E-state index is 13.0. The van der Waals surface area contributed by atoms with Gasteiger partial charge in [0.05, 0.1) is 29.1 Å². The van der Waals surface area contributed by atoms with Crippen LogP contribution in [0.15, 0.2) is 88.7 Å². The average molecular weight is 627 g/mol. The summed E-state index contributed by atoms with van der Waals surface area (Å²) in [4.78, 5) is 12.5. The predicted molar refractivity (Wildman–Crippen MR) is 158 cm³/mol. The third-order valence-corrected chi connectivity index (χ3v) is 10.1. The van der Waals surface area contributed by atoms with E-state index < -0.39 is 37.3 Å². The van der Waals surface area contributed by atoms with Crippen LogP contribution in [0.25, 0.3) is 0 Å². The Morgan fingerprint density at radius 2 is 1.23 bits per heavy atom. The summed E-state index contributed by atoms with van der Waals surface area (Å²) in [6.07, 6.45) is -0.328. The molecule has 12 heteroatoms. The highest BCUT2D eigenvalue weighted by molar-refractivity contribution is 7.87. The van der Waals surface area contributed by atoms with Crippen LogP contribution in [0.5, 0.6) is 0 Å². The van der Waals surface area contributed by atoms with Gasteiger partial charge in [-0.15, -0.1) is 0 Å². The van der Waals surface area contributed by atoms with Crippen LogP contribution in [0.3, 0.4) is 0 Å². The summed E-state index contributed by atoms with van der Waals surface area (Å²) in [5.41, 5.74) is 0.138. The number of benzene rings is 3. The Labute approximate surface area is 252 Å². The van der Waals surface area contributed by atoms with E-state index in [9.17, 15) is 26.9 Å². The lowest BCUT2D eigenvalue weighted by atomic mass is 9.68. The molecule has 1 saturated carbocycles. The van der Waals surface area contributed by atoms with E-state index in [2.05, 4.69) is 11.4 Å². The van der Waals surface area contributed by atoms with Gasteiger partial charge in [0, 0.05) is 5.41 Å². The van der Waals surface area contributed by atoms with Crippen molar-refractivity contribution < 1.29 is 34.7 Å². The van der Waals surface area contributed by atoms with E-state index in [0.29, 0.717) is 0 Å². The van der Waals surface area contributed by atoms with Crippen molar-refractivity contribution in [1.29, 1.82) is 5.26 Å². The maximum atomic E-state index is 13.0. The van der Waals surface area contributed by atoms with Gasteiger partial charge in [0.2, 0.25) is 0 Å². The molecule has 4 rings (SSSR count). The van der Waals surface area contributed by atoms with Crippen LogP contribution in [0.1, 0.15) is 42.4 Å². The smallest absolute Gasteiger partial charge is 0.408 e. The lowest BCUT2D eigenvalue weighted by Gasteiger charge is -2.42. The molecule has 10 nitrogen and oxygen atoms in total. The fourth-order valence-corrected chi connectivity index (χ4v) is 6.73. The van der Waals surface area contributed by atoms with E-state index in [1.165, 1.54) is 24.3 Å². The topological polar surface area (TPSA) is 149 Å². The van der Waals surface area contributed by atoms with Gasteiger partial charge < -0.3 is 10.1 Å². The molecule has 0 spiro atoms. The Hall–Kier alpha value is -3.76. The van der Waals surface area contributed by atoms with Crippen LogP contribution in [0.2, 0.25) is 0 Å². The monoisotopic (exact) mass is 626 g/mol. The van der Waals surface area contributed by atoms with E-state index in [-0.39, 0.29) is 55.3 Å². The summed E-state index contributed by atoms with van der Waals surface area (Å²) in [5.74, 6) is 0. The number of hydrogen-bond acceptors (Lipinski definition) is 9. The number of carbonyl (C=O) groups excluding carboxylic acids is 1. The highest BCUT2D eigenvalue weighted by Gasteiger charge is 2.46. The summed E-state index contributed by atoms with van der Waals surface area (Å²) in [6, 6.07) is 23.6. The molecule has 0 aliphatic heterocycles. The van der Waals surface area contributed by atoms with Gasteiger partial charge in [-0.05, 0) is 69.4 Å². The fourth-order valence-electron chi connectivity index (χ4n) is 4.71. The van der Waals surface area contributed by atoms with Gasteiger partial charge in [0.1, 0.15) is 12.1 Å². The number of nitriles is 1. The van der Waals surface area contributed by atoms with Crippen LogP contribution >= 0.6 is 0 Å². The van der Waals surface area contributed by atoms with Gasteiger partial charge in [-0.25, -0.2) is 4.79 Å². The van der Waals surface area contributed by atoms with Crippen molar-refractivity contribution in [2.24, 2.45) is 5.41 Å². The van der Waals surface area contributed by atoms with Crippen LogP contribution < -0.4 is 5.32 Å². The van der Waals surface area contributed by atoms with E-state index >= 15 is 0 Å². The number of carbonyl (C=O) groups is 1. The van der Waals surface area contributed by atoms with Gasteiger partial charge in [0.25, 0.3) is 20.2 Å². The lowest BCUT2D eigenvalue weighted by molar-refractivity contribution is 0.0289. The van der Waals surface area contributed by atoms with Crippen LogP contribution in [-0.4, -0.2) is 41.7 Å². The van der Waals surface area contributed by atoms with Crippen molar-refractivity contribution in [3.05, 3.63) is 95.6 Å². The number of hydrogen-bond donors (Lipinski definition) is 1. The molecule has 43 heavy (non-hydrogen) atoms. The van der Waals surface area contributed by atoms with Crippen molar-refractivity contribution in [1.82, 2.24) is 5.32 Å². The van der Waals surface area contributed by atoms with Crippen molar-refractivity contribution in [2.45, 2.75) is 61.5 Å². The van der Waals surface area contributed by atoms with Gasteiger partial charge >= 0.3 is 6.09 Å². The molecule has 1 fully saturated rings. The van der Waals surface area contributed by atoms with E-state index in [1.807, 2.05) is 32.0 Å². The standard InChI is InChI=1S/C31H34N2O8S2/c1-24-8-12-27(13-9-24)42(35,36)40-22-30(23-41-43(37,38)28-14-10-25(2)11-15-28)16-18-31(21-32,19-17-30)33-29(34)39-20-26-6-4-3-5-7-26/h3-15H,16-20,22-23H2,1-2H3,(H,33,34). The zero-order valence-electron chi connectivity index (χ0n) is 24.0. The number of nitrogens with one attached hydrogen (secondary N) is 1. The third kappa shape index (κ3) is 8.42. The second kappa shape index (κ2) is 13.3. The molecule has 1 N–H and O–H groups in total. The molecule has 0 atom stereocenters. The first-order chi connectivity index (χ1) is 20.4. The first-order valence-corrected chi connectivity index (χ1v) is 16.5. The molecule has 3 aromatic rings. The first-order valence-electron chi connectivity index (χ1n) is 13.7. The second-order valence-electron chi connectivity index (χ2n) is 10.9. The predicted octanol–water partition coefficient (Wildman–Crippen LogP) is 5.16. The second-order valence-corrected chi connectivity index (χ2v) is 14.2. The van der Waals surface area contributed by atoms with Gasteiger partial charge in [-0.3, -0.25) is 8.37 Å². The van der Waals surface area contributed by atoms with Crippen LogP contribution in [0.4, 0.5) is 4.79 Å². The zero-order valence-corrected chi connectivity index (χ0v) is 25.6. The Balaban J connectivity index is 1.49. The zero-order chi connectivity index (χ0) is 31.1. The minimum absolute atomic E-state index is 0.0214. The Morgan fingerprint density at radius 1 is 0.767 bits per heavy atom. The first kappa shape index (κ1) is 32.2. The molecule has 0 saturated heterocycles. The summed E-state index contributed by atoms with van der Waals surface area (Å²) >= 11 is 0. The average Bonchev–Trinajstić information content (AvgIpc) is 3.00. The Bertz CT molecular complexity index is 1580. The summed E-state index contributed by atoms with van der Waals surface area (Å²) in [7, 11) is -8.34. The van der Waals surface area contributed by atoms with E-state index in [1.54, 1.807) is 36.4 Å². The minimum Gasteiger partial charge on any atom is -0.445 e. The van der Waals surface area contributed by atoms with Crippen molar-refractivity contribution in [3.8, 4) is 6.07 Å². The van der Waals surface area contributed by atoms with Crippen LogP contribution in [-0.2, 0) is 39.9 Å². The van der Waals surface area contributed by atoms with Crippen molar-refractivity contribution >= 4 is 26.3 Å². The number of aryl methyl sites for hydroxylation is 2. The number of alkyl carbamates (subject to hydrolysis) is 1. The van der Waals surface area contributed by atoms with E-state index in [0.717, 1.165) is 16.7 Å². The van der Waals surface area contributed by atoms with Gasteiger partial charge in [0.15, 0.2) is 0 Å². The highest BCUT2D eigenvalue weighted by atomic mass is 32.2. The summed E-state index contributed by atoms with van der Waals surface area (Å²) < 4.78 is 68.2. The Kier molecular flexibility index (Phi) is 9.92. The molecule has 0 radical (unpaired) electrons. The van der Waals surface area contributed by atoms with Gasteiger partial charge in [-0.2, -0.15) is 22.1 Å². The minimum atomic E-state index is -4.17. The molecular formula is C31H34N2O8S2. The number of ether oxygens (including phenoxy) is 1. The molecule has 0 heterocycles. The molecule has 1 amide bonds. The highest BCUT2D eigenvalue weighted by Crippen LogP contribution is 2.42. The quantitative estimate of drug-likeness (QED) is 0.285. The van der Waals surface area contributed by atoms with Crippen molar-refractivity contribution in [2.75, 3.05) is 13.2 Å². The van der Waals surface area contributed by atoms with Crippen molar-refractivity contribution in [3.63, 3.8) is 0 Å². The molecule has 0 bridgehead atoms. The SMILES string of the molecule is Cc1ccc(S(=O)(=O)OCC2(COS(=O)(=O)c3ccc(C)cc3)CCC(C#N)(NC(=O)OCc3ccccc3)CC2)cc1. The van der Waals surface area contributed by atoms with Gasteiger partial charge in [-0.1, -0.05) is 65.7 Å². The maximum Gasteiger partial charge on any atom is 0.408 e. The molecular weight excluding hydrogens is 592 g/mol. The molecule has 1 aliphatic rings. The molecule has 1 aliphatic carbocycles.